The van der Waals surface area contributed by atoms with Gasteiger partial charge >= 0.3 is 0 Å². The number of hydrogen-bond acceptors (Lipinski definition) is 5. The molecule has 4 rings (SSSR count). The molecule has 1 aromatic heterocycles. The van der Waals surface area contributed by atoms with Gasteiger partial charge in [0.25, 0.3) is 11.8 Å². The van der Waals surface area contributed by atoms with Crippen molar-refractivity contribution in [2.24, 2.45) is 5.92 Å². The molecule has 1 aliphatic heterocycles. The van der Waals surface area contributed by atoms with E-state index in [9.17, 15) is 14.0 Å². The fraction of sp³-hybridized carbons (Fsp3) is 0.192. The van der Waals surface area contributed by atoms with Crippen LogP contribution in [0.25, 0.3) is 0 Å². The number of aromatic nitrogens is 1. The number of carbonyl (C=O) groups excluding carboxylic acids is 2. The minimum Gasteiger partial charge on any atom is -0.399 e. The number of nitrogens with one attached hydrogen (secondary N) is 4. The fourth-order valence-corrected chi connectivity index (χ4v) is 4.09. The van der Waals surface area contributed by atoms with Gasteiger partial charge in [-0.1, -0.05) is 25.1 Å². The van der Waals surface area contributed by atoms with Crippen molar-refractivity contribution in [1.82, 2.24) is 15.2 Å². The van der Waals surface area contributed by atoms with E-state index in [1.54, 1.807) is 59.6 Å². The molecule has 1 unspecified atom stereocenters. The lowest BCUT2D eigenvalue weighted by Gasteiger charge is -2.35. The number of hydrogen-bond donors (Lipinski definition) is 5. The van der Waals surface area contributed by atoms with Crippen molar-refractivity contribution in [3.05, 3.63) is 95.2 Å². The molecular formula is C26H27FN6O2. The second kappa shape index (κ2) is 10.3. The first kappa shape index (κ1) is 23.7. The highest BCUT2D eigenvalue weighted by Gasteiger charge is 2.32. The van der Waals surface area contributed by atoms with E-state index in [-0.39, 0.29) is 29.9 Å². The Morgan fingerprint density at radius 1 is 1.17 bits per heavy atom. The minimum absolute atomic E-state index is 0.0944. The van der Waals surface area contributed by atoms with Crippen LogP contribution in [-0.2, 0) is 11.3 Å². The summed E-state index contributed by atoms with van der Waals surface area (Å²) in [6.07, 6.45) is 1.67. The van der Waals surface area contributed by atoms with Gasteiger partial charge < -0.3 is 26.3 Å². The molecule has 3 aromatic rings. The van der Waals surface area contributed by atoms with Crippen molar-refractivity contribution in [3.8, 4) is 0 Å². The summed E-state index contributed by atoms with van der Waals surface area (Å²) >= 11 is 0. The summed E-state index contributed by atoms with van der Waals surface area (Å²) in [5, 5.41) is 14.7. The second-order valence-electron chi connectivity index (χ2n) is 8.50. The number of nitrogens with two attached hydrogens (primary N) is 1. The molecule has 2 aromatic carbocycles. The van der Waals surface area contributed by atoms with E-state index >= 15 is 0 Å². The maximum absolute atomic E-state index is 13.3. The zero-order valence-corrected chi connectivity index (χ0v) is 19.3. The van der Waals surface area contributed by atoms with Crippen LogP contribution in [0.1, 0.15) is 23.0 Å². The van der Waals surface area contributed by atoms with Gasteiger partial charge in [-0.2, -0.15) is 0 Å². The number of nitrogens with zero attached hydrogens (tertiary/aromatic N) is 1. The van der Waals surface area contributed by atoms with Gasteiger partial charge in [0.2, 0.25) is 0 Å². The lowest BCUT2D eigenvalue weighted by Crippen LogP contribution is -2.46. The molecule has 0 fully saturated rings. The van der Waals surface area contributed by atoms with Crippen molar-refractivity contribution in [1.29, 1.82) is 5.41 Å². The van der Waals surface area contributed by atoms with Crippen molar-refractivity contribution in [2.45, 2.75) is 13.5 Å². The molecule has 0 radical (unpaired) electrons. The average molecular weight is 475 g/mol. The van der Waals surface area contributed by atoms with Gasteiger partial charge in [-0.05, 0) is 48.0 Å². The molecule has 6 N–H and O–H groups in total. The number of amides is 2. The third-order valence-corrected chi connectivity index (χ3v) is 5.85. The number of nitrogen functional groups attached to an aromatic ring is 1. The Bertz CT molecular complexity index is 1270. The summed E-state index contributed by atoms with van der Waals surface area (Å²) in [6, 6.07) is 16.3. The van der Waals surface area contributed by atoms with Gasteiger partial charge in [-0.3, -0.25) is 15.0 Å². The summed E-state index contributed by atoms with van der Waals surface area (Å²) in [7, 11) is 0. The number of benzene rings is 2. The molecule has 0 saturated carbocycles. The lowest BCUT2D eigenvalue weighted by molar-refractivity contribution is -0.110. The highest BCUT2D eigenvalue weighted by Crippen LogP contribution is 2.25. The summed E-state index contributed by atoms with van der Waals surface area (Å²) in [6.45, 7) is 2.83. The van der Waals surface area contributed by atoms with Gasteiger partial charge in [0, 0.05) is 47.8 Å². The first-order valence-corrected chi connectivity index (χ1v) is 11.2. The van der Waals surface area contributed by atoms with Gasteiger partial charge in [0.05, 0.1) is 6.54 Å². The third-order valence-electron chi connectivity index (χ3n) is 5.85. The summed E-state index contributed by atoms with van der Waals surface area (Å²) in [5.74, 6) is -1.30. The molecule has 2 heterocycles. The van der Waals surface area contributed by atoms with Crippen molar-refractivity contribution in [2.75, 3.05) is 24.1 Å². The molecule has 1 aliphatic rings. The smallest absolute Gasteiger partial charge is 0.273 e. The maximum Gasteiger partial charge on any atom is 0.273 e. The summed E-state index contributed by atoms with van der Waals surface area (Å²) in [4.78, 5) is 30.6. The van der Waals surface area contributed by atoms with Crippen LogP contribution in [0.4, 0.5) is 15.8 Å². The topological polar surface area (TPSA) is 127 Å². The Balaban J connectivity index is 1.61. The molecule has 1 atom stereocenters. The van der Waals surface area contributed by atoms with Crippen LogP contribution >= 0.6 is 0 Å². The third kappa shape index (κ3) is 5.57. The molecule has 9 heteroatoms. The monoisotopic (exact) mass is 474 g/mol. The zero-order chi connectivity index (χ0) is 24.9. The number of aromatic amines is 1. The summed E-state index contributed by atoms with van der Waals surface area (Å²) in [5.41, 5.74) is 8.94. The molecule has 0 aliphatic carbocycles. The number of carbonyl (C=O) groups is 2. The molecule has 0 bridgehead atoms. The standard InChI is InChI=1S/C26H27FN6O2/c1-16-14-33(26(35)22-6-3-11-30-22)15-21(24(16)31-13-17-7-9-18(27)10-8-17)23(29)25(34)32-20-5-2-4-19(28)12-20/h2-12,16,29-31H,13-15,28H2,1H3,(H,32,34). The molecule has 180 valence electrons. The van der Waals surface area contributed by atoms with Crippen molar-refractivity contribution >= 4 is 28.9 Å². The Kier molecular flexibility index (Phi) is 6.96. The molecule has 35 heavy (non-hydrogen) atoms. The average Bonchev–Trinajstić information content (AvgIpc) is 3.38. The van der Waals surface area contributed by atoms with E-state index < -0.39 is 5.91 Å². The van der Waals surface area contributed by atoms with E-state index in [1.165, 1.54) is 12.1 Å². The van der Waals surface area contributed by atoms with Gasteiger partial charge in [0.15, 0.2) is 0 Å². The molecule has 0 spiro atoms. The lowest BCUT2D eigenvalue weighted by atomic mass is 9.92. The second-order valence-corrected chi connectivity index (χ2v) is 8.50. The SMILES string of the molecule is CC1CN(C(=O)c2ccc[nH]2)CC(C(=N)C(=O)Nc2cccc(N)c2)=C1NCc1ccc(F)cc1. The predicted molar refractivity (Wildman–Crippen MR) is 133 cm³/mol. The number of rotatable bonds is 7. The van der Waals surface area contributed by atoms with Gasteiger partial charge in [0.1, 0.15) is 17.2 Å². The first-order valence-electron chi connectivity index (χ1n) is 11.2. The Labute approximate surface area is 202 Å². The van der Waals surface area contributed by atoms with Crippen molar-refractivity contribution < 1.29 is 14.0 Å². The van der Waals surface area contributed by atoms with Crippen LogP contribution in [0.15, 0.2) is 78.1 Å². The van der Waals surface area contributed by atoms with Crippen LogP contribution in [0.3, 0.4) is 0 Å². The number of anilines is 2. The Hall–Kier alpha value is -4.40. The Morgan fingerprint density at radius 2 is 1.94 bits per heavy atom. The van der Waals surface area contributed by atoms with E-state index in [4.69, 9.17) is 11.1 Å². The van der Waals surface area contributed by atoms with E-state index in [1.807, 2.05) is 6.92 Å². The largest absolute Gasteiger partial charge is 0.399 e. The van der Waals surface area contributed by atoms with Crippen LogP contribution in [0.5, 0.6) is 0 Å². The number of H-pyrrole nitrogens is 1. The van der Waals surface area contributed by atoms with E-state index in [0.717, 1.165) is 5.56 Å². The van der Waals surface area contributed by atoms with Crippen LogP contribution in [-0.4, -0.2) is 40.5 Å². The minimum atomic E-state index is -0.604. The fourth-order valence-electron chi connectivity index (χ4n) is 4.09. The van der Waals surface area contributed by atoms with E-state index in [2.05, 4.69) is 15.6 Å². The predicted octanol–water partition coefficient (Wildman–Crippen LogP) is 3.53. The zero-order valence-electron chi connectivity index (χ0n) is 19.3. The van der Waals surface area contributed by atoms with Crippen LogP contribution < -0.4 is 16.4 Å². The number of halogens is 1. The highest BCUT2D eigenvalue weighted by atomic mass is 19.1. The maximum atomic E-state index is 13.3. The van der Waals surface area contributed by atoms with E-state index in [0.29, 0.717) is 41.4 Å². The molecular weight excluding hydrogens is 447 g/mol. The quantitative estimate of drug-likeness (QED) is 0.265. The van der Waals surface area contributed by atoms with Gasteiger partial charge in [-0.25, -0.2) is 4.39 Å². The van der Waals surface area contributed by atoms with Crippen LogP contribution in [0, 0.1) is 17.1 Å². The molecule has 0 saturated heterocycles. The van der Waals surface area contributed by atoms with Crippen LogP contribution in [0.2, 0.25) is 0 Å². The normalized spacial score (nSPS) is 15.6. The first-order chi connectivity index (χ1) is 16.8. The van der Waals surface area contributed by atoms with Crippen molar-refractivity contribution in [3.63, 3.8) is 0 Å². The summed E-state index contributed by atoms with van der Waals surface area (Å²) < 4.78 is 13.3. The molecule has 8 nitrogen and oxygen atoms in total. The van der Waals surface area contributed by atoms with Gasteiger partial charge in [-0.15, -0.1) is 0 Å². The highest BCUT2D eigenvalue weighted by molar-refractivity contribution is 6.48. The molecule has 2 amide bonds. The Morgan fingerprint density at radius 3 is 2.63 bits per heavy atom.